The van der Waals surface area contributed by atoms with Crippen molar-refractivity contribution in [2.24, 2.45) is 5.73 Å². The van der Waals surface area contributed by atoms with Gasteiger partial charge in [0.2, 0.25) is 0 Å². The minimum atomic E-state index is -0.248. The number of aryl methyl sites for hydroxylation is 1. The van der Waals surface area contributed by atoms with Crippen LogP contribution in [0.2, 0.25) is 0 Å². The van der Waals surface area contributed by atoms with Crippen molar-refractivity contribution in [1.82, 2.24) is 5.16 Å². The second-order valence-electron chi connectivity index (χ2n) is 4.47. The highest BCUT2D eigenvalue weighted by atomic mass is 19.1. The molecule has 0 saturated heterocycles. The molecule has 2 aromatic rings. The summed E-state index contributed by atoms with van der Waals surface area (Å²) in [5.74, 6) is 0.429. The highest BCUT2D eigenvalue weighted by Crippen LogP contribution is 2.26. The topological polar surface area (TPSA) is 52.0 Å². The van der Waals surface area contributed by atoms with Crippen molar-refractivity contribution in [2.45, 2.75) is 32.7 Å². The number of benzene rings is 1. The van der Waals surface area contributed by atoms with E-state index in [0.29, 0.717) is 11.5 Å². The average Bonchev–Trinajstić information content (AvgIpc) is 2.78. The van der Waals surface area contributed by atoms with E-state index in [0.717, 1.165) is 24.0 Å². The Balaban J connectivity index is 2.29. The maximum absolute atomic E-state index is 13.0. The van der Waals surface area contributed by atoms with Gasteiger partial charge < -0.3 is 10.3 Å². The maximum Gasteiger partial charge on any atom is 0.154 e. The van der Waals surface area contributed by atoms with Gasteiger partial charge in [-0.1, -0.05) is 18.5 Å². The van der Waals surface area contributed by atoms with Crippen molar-refractivity contribution in [1.29, 1.82) is 0 Å². The molecule has 3 nitrogen and oxygen atoms in total. The number of hydrogen-bond acceptors (Lipinski definition) is 3. The van der Waals surface area contributed by atoms with Gasteiger partial charge in [0.1, 0.15) is 11.5 Å². The molecule has 0 aliphatic carbocycles. The van der Waals surface area contributed by atoms with Crippen molar-refractivity contribution in [3.63, 3.8) is 0 Å². The normalized spacial score (nSPS) is 12.7. The molecule has 1 aromatic heterocycles. The van der Waals surface area contributed by atoms with E-state index in [4.69, 9.17) is 10.3 Å². The smallest absolute Gasteiger partial charge is 0.154 e. The Hall–Kier alpha value is -1.68. The first-order valence-electron chi connectivity index (χ1n) is 6.10. The third kappa shape index (κ3) is 2.59. The van der Waals surface area contributed by atoms with E-state index in [2.05, 4.69) is 12.1 Å². The summed E-state index contributed by atoms with van der Waals surface area (Å²) < 4.78 is 18.3. The second kappa shape index (κ2) is 5.31. The summed E-state index contributed by atoms with van der Waals surface area (Å²) in [5.41, 5.74) is 8.37. The zero-order valence-corrected chi connectivity index (χ0v) is 10.6. The summed E-state index contributed by atoms with van der Waals surface area (Å²) in [4.78, 5) is 0. The van der Waals surface area contributed by atoms with E-state index in [-0.39, 0.29) is 11.9 Å². The number of nitrogens with two attached hydrogens (primary N) is 1. The van der Waals surface area contributed by atoms with Crippen LogP contribution in [0.4, 0.5) is 4.39 Å². The van der Waals surface area contributed by atoms with E-state index in [1.54, 1.807) is 6.07 Å². The lowest BCUT2D eigenvalue weighted by molar-refractivity contribution is 0.356. The molecule has 0 bridgehead atoms. The van der Waals surface area contributed by atoms with E-state index in [1.165, 1.54) is 12.1 Å². The third-order valence-electron chi connectivity index (χ3n) is 2.96. The molecule has 0 spiro atoms. The molecule has 4 heteroatoms. The molecule has 1 aromatic carbocycles. The average molecular weight is 248 g/mol. The van der Waals surface area contributed by atoms with Gasteiger partial charge in [-0.2, -0.15) is 0 Å². The Morgan fingerprint density at radius 1 is 1.39 bits per heavy atom. The van der Waals surface area contributed by atoms with Gasteiger partial charge >= 0.3 is 0 Å². The Morgan fingerprint density at radius 3 is 2.83 bits per heavy atom. The lowest BCUT2D eigenvalue weighted by Crippen LogP contribution is -2.08. The highest BCUT2D eigenvalue weighted by molar-refractivity contribution is 5.63. The van der Waals surface area contributed by atoms with Crippen molar-refractivity contribution in [3.05, 3.63) is 41.4 Å². The van der Waals surface area contributed by atoms with Crippen LogP contribution in [0.5, 0.6) is 0 Å². The number of hydrogen-bond donors (Lipinski definition) is 1. The number of aromatic nitrogens is 1. The molecule has 18 heavy (non-hydrogen) atoms. The van der Waals surface area contributed by atoms with Crippen molar-refractivity contribution >= 4 is 0 Å². The fourth-order valence-electron chi connectivity index (χ4n) is 1.96. The van der Waals surface area contributed by atoms with Gasteiger partial charge in [0.25, 0.3) is 0 Å². The summed E-state index contributed by atoms with van der Waals surface area (Å²) in [7, 11) is 0. The molecule has 0 radical (unpaired) electrons. The molecule has 96 valence electrons. The van der Waals surface area contributed by atoms with Gasteiger partial charge in [-0.05, 0) is 37.1 Å². The number of nitrogens with zero attached hydrogens (tertiary/aromatic N) is 1. The van der Waals surface area contributed by atoms with Gasteiger partial charge in [-0.15, -0.1) is 0 Å². The number of halogens is 1. The van der Waals surface area contributed by atoms with Crippen LogP contribution in [-0.2, 0) is 0 Å². The molecule has 0 saturated carbocycles. The standard InChI is InChI=1S/C14H17FN2O/c1-3-4-12(16)14-8-13(17-18-14)11-6-5-10(15)7-9(11)2/h5-8,12H,3-4,16H2,1-2H3. The van der Waals surface area contributed by atoms with Crippen LogP contribution >= 0.6 is 0 Å². The number of rotatable bonds is 4. The molecule has 1 heterocycles. The van der Waals surface area contributed by atoms with Crippen LogP contribution < -0.4 is 5.73 Å². The van der Waals surface area contributed by atoms with Crippen LogP contribution in [0.3, 0.4) is 0 Å². The van der Waals surface area contributed by atoms with Crippen molar-refractivity contribution in [2.75, 3.05) is 0 Å². The van der Waals surface area contributed by atoms with E-state index in [9.17, 15) is 4.39 Å². The van der Waals surface area contributed by atoms with Gasteiger partial charge in [-0.25, -0.2) is 4.39 Å². The van der Waals surface area contributed by atoms with Gasteiger partial charge in [0.05, 0.1) is 6.04 Å². The van der Waals surface area contributed by atoms with Crippen molar-refractivity contribution in [3.8, 4) is 11.3 Å². The molecule has 2 N–H and O–H groups in total. The minimum absolute atomic E-state index is 0.128. The zero-order valence-electron chi connectivity index (χ0n) is 10.6. The molecule has 2 rings (SSSR count). The van der Waals surface area contributed by atoms with Crippen molar-refractivity contribution < 1.29 is 8.91 Å². The largest absolute Gasteiger partial charge is 0.359 e. The first-order valence-corrected chi connectivity index (χ1v) is 6.10. The van der Waals surface area contributed by atoms with Crippen LogP contribution in [0.15, 0.2) is 28.8 Å². The first kappa shape index (κ1) is 12.8. The Morgan fingerprint density at radius 2 is 2.17 bits per heavy atom. The Kier molecular flexibility index (Phi) is 3.77. The predicted molar refractivity (Wildman–Crippen MR) is 68.5 cm³/mol. The SMILES string of the molecule is CCCC(N)c1cc(-c2ccc(F)cc2C)no1. The molecular formula is C14H17FN2O. The molecular weight excluding hydrogens is 231 g/mol. The molecule has 1 unspecified atom stereocenters. The summed E-state index contributed by atoms with van der Waals surface area (Å²) in [6.07, 6.45) is 1.85. The summed E-state index contributed by atoms with van der Waals surface area (Å²) in [6, 6.07) is 6.31. The van der Waals surface area contributed by atoms with Crippen LogP contribution in [-0.4, -0.2) is 5.16 Å². The van der Waals surface area contributed by atoms with Gasteiger partial charge in [-0.3, -0.25) is 0 Å². The molecule has 1 atom stereocenters. The molecule has 0 amide bonds. The lowest BCUT2D eigenvalue weighted by atomic mass is 10.0. The monoisotopic (exact) mass is 248 g/mol. The minimum Gasteiger partial charge on any atom is -0.359 e. The summed E-state index contributed by atoms with van der Waals surface area (Å²) in [5, 5.41) is 4.00. The first-order chi connectivity index (χ1) is 8.61. The summed E-state index contributed by atoms with van der Waals surface area (Å²) >= 11 is 0. The predicted octanol–water partition coefficient (Wildman–Crippen LogP) is 3.59. The van der Waals surface area contributed by atoms with Gasteiger partial charge in [0.15, 0.2) is 5.76 Å². The fourth-order valence-corrected chi connectivity index (χ4v) is 1.96. The van der Waals surface area contributed by atoms with E-state index in [1.807, 2.05) is 13.0 Å². The fraction of sp³-hybridized carbons (Fsp3) is 0.357. The van der Waals surface area contributed by atoms with E-state index >= 15 is 0 Å². The van der Waals surface area contributed by atoms with Crippen LogP contribution in [0.1, 0.15) is 37.1 Å². The Bertz CT molecular complexity index is 536. The summed E-state index contributed by atoms with van der Waals surface area (Å²) in [6.45, 7) is 3.92. The molecule has 0 aliphatic heterocycles. The lowest BCUT2D eigenvalue weighted by Gasteiger charge is -2.03. The van der Waals surface area contributed by atoms with Crippen LogP contribution in [0.25, 0.3) is 11.3 Å². The highest BCUT2D eigenvalue weighted by Gasteiger charge is 2.14. The quantitative estimate of drug-likeness (QED) is 0.899. The van der Waals surface area contributed by atoms with Crippen LogP contribution in [0, 0.1) is 12.7 Å². The Labute approximate surface area is 106 Å². The maximum atomic E-state index is 13.0. The van der Waals surface area contributed by atoms with Gasteiger partial charge in [0, 0.05) is 11.6 Å². The molecule has 0 aliphatic rings. The second-order valence-corrected chi connectivity index (χ2v) is 4.47. The molecule has 0 fully saturated rings. The van der Waals surface area contributed by atoms with E-state index < -0.39 is 0 Å². The zero-order chi connectivity index (χ0) is 13.1. The third-order valence-corrected chi connectivity index (χ3v) is 2.96.